The number of halogens is 1. The molecular weight excluding hydrogens is 1130 g/mol. The summed E-state index contributed by atoms with van der Waals surface area (Å²) in [4.78, 5) is -8.12. The highest BCUT2D eigenvalue weighted by atomic mass is 79.9. The highest BCUT2D eigenvalue weighted by Crippen LogP contribution is 2.48. The molecule has 0 aliphatic heterocycles. The van der Waals surface area contributed by atoms with E-state index in [1.54, 1.807) is 0 Å². The minimum Gasteiger partial charge on any atom is -0.289 e. The Labute approximate surface area is 382 Å². The van der Waals surface area contributed by atoms with Crippen LogP contribution in [0.1, 0.15) is 0 Å². The number of hydrogen-bond donors (Lipinski definition) is 9. The van der Waals surface area contributed by atoms with Gasteiger partial charge >= 0.3 is 0 Å². The molecule has 0 radical (unpaired) electrons. The third-order valence-electron chi connectivity index (χ3n) is 8.23. The normalized spacial score (nSPS) is 14.4. The fourth-order valence-electron chi connectivity index (χ4n) is 5.72. The summed E-state index contributed by atoms with van der Waals surface area (Å²) < 4.78 is 278. The molecule has 0 fully saturated rings. The van der Waals surface area contributed by atoms with Crippen molar-refractivity contribution in [2.45, 2.75) is 29.4 Å². The molecule has 27 nitrogen and oxygen atoms in total. The molecule has 354 valence electrons. The maximum absolute atomic E-state index is 13.4. The molecular formula is C28H22BrN3O24S9. The molecule has 0 spiro atoms. The molecule has 3 unspecified atom stereocenters. The van der Waals surface area contributed by atoms with Crippen molar-refractivity contribution in [3.8, 4) is 0 Å². The lowest BCUT2D eigenvalue weighted by Crippen LogP contribution is -2.24. The Kier molecular flexibility index (Phi) is 14.3. The largest absolute Gasteiger partial charge is 0.294 e. The number of benzene rings is 5. The van der Waals surface area contributed by atoms with E-state index < -0.39 is 169 Å². The van der Waals surface area contributed by atoms with Gasteiger partial charge < -0.3 is 0 Å². The van der Waals surface area contributed by atoms with Crippen LogP contribution in [0.3, 0.4) is 0 Å². The summed E-state index contributed by atoms with van der Waals surface area (Å²) in [7, 11) is -32.8. The second-order valence-corrected chi connectivity index (χ2v) is 24.2. The van der Waals surface area contributed by atoms with E-state index in [0.29, 0.717) is 48.5 Å². The van der Waals surface area contributed by atoms with Gasteiger partial charge in [-0.2, -0.15) is 50.5 Å². The van der Waals surface area contributed by atoms with E-state index in [2.05, 4.69) is 15.9 Å². The van der Waals surface area contributed by atoms with Gasteiger partial charge in [0.15, 0.2) is 0 Å². The molecule has 5 aromatic carbocycles. The number of anilines is 6. The van der Waals surface area contributed by atoms with E-state index in [1.807, 2.05) is 0 Å². The van der Waals surface area contributed by atoms with Gasteiger partial charge in [0, 0.05) is 15.2 Å². The smallest absolute Gasteiger partial charge is 0.289 e. The van der Waals surface area contributed by atoms with Gasteiger partial charge in [0.05, 0.1) is 63.5 Å². The lowest BCUT2D eigenvalue weighted by Gasteiger charge is -2.29. The Morgan fingerprint density at radius 2 is 0.631 bits per heavy atom. The molecule has 5 aromatic rings. The third kappa shape index (κ3) is 11.4. The summed E-state index contributed by atoms with van der Waals surface area (Å²) in [6.45, 7) is 0. The van der Waals surface area contributed by atoms with E-state index in [1.165, 1.54) is 0 Å². The molecule has 0 aromatic heterocycles. The fourth-order valence-corrected chi connectivity index (χ4v) is 11.5. The molecule has 0 saturated heterocycles. The van der Waals surface area contributed by atoms with Gasteiger partial charge in [-0.15, -0.1) is 0 Å². The van der Waals surface area contributed by atoms with Gasteiger partial charge in [-0.3, -0.25) is 41.0 Å². The van der Waals surface area contributed by atoms with Crippen molar-refractivity contribution < 1.29 is 104 Å². The highest BCUT2D eigenvalue weighted by Gasteiger charge is 2.32. The van der Waals surface area contributed by atoms with E-state index >= 15 is 0 Å². The fraction of sp³-hybridized carbons (Fsp3) is 0. The first-order valence-corrected chi connectivity index (χ1v) is 28.3. The first kappa shape index (κ1) is 52.0. The Morgan fingerprint density at radius 3 is 0.908 bits per heavy atom. The highest BCUT2D eigenvalue weighted by molar-refractivity contribution is 9.10. The van der Waals surface area contributed by atoms with Gasteiger partial charge in [-0.25, -0.2) is 25.5 Å². The SMILES string of the molecule is O=S(O)N(c1cc(S(=O)(=O)O)cc(S(=O)(=O)O)c1)c1cc(N(c2cc(S(=O)(=O)O)cc(S(=O)(=O)O)c2)S(=O)O)c2c(Br)ccc(N(c3cc(S(=O)(=O)O)cc(S(=O)(=O)O)c3)S(=O)O)c2c1. The molecule has 0 heterocycles. The summed E-state index contributed by atoms with van der Waals surface area (Å²) in [5.41, 5.74) is -5.81. The minimum absolute atomic E-state index is 0.0589. The summed E-state index contributed by atoms with van der Waals surface area (Å²) in [6.07, 6.45) is 0. The second kappa shape index (κ2) is 17.9. The van der Waals surface area contributed by atoms with E-state index in [9.17, 15) is 104 Å². The van der Waals surface area contributed by atoms with E-state index in [-0.39, 0.29) is 35.6 Å². The minimum atomic E-state index is -5.49. The van der Waals surface area contributed by atoms with Crippen molar-refractivity contribution in [1.29, 1.82) is 0 Å². The van der Waals surface area contributed by atoms with Crippen LogP contribution in [0.25, 0.3) is 10.8 Å². The number of hydrogen-bond acceptors (Lipinski definition) is 15. The lowest BCUT2D eigenvalue weighted by atomic mass is 10.0. The molecule has 5 rings (SSSR count). The van der Waals surface area contributed by atoms with Crippen LogP contribution in [0.4, 0.5) is 34.1 Å². The van der Waals surface area contributed by atoms with Crippen molar-refractivity contribution in [1.82, 2.24) is 0 Å². The van der Waals surface area contributed by atoms with Crippen LogP contribution in [0.2, 0.25) is 0 Å². The number of nitrogens with zero attached hydrogens (tertiary/aromatic N) is 3. The number of fused-ring (bicyclic) bond motifs is 1. The summed E-state index contributed by atoms with van der Waals surface area (Å²) in [5, 5.41) is -1.31. The summed E-state index contributed by atoms with van der Waals surface area (Å²) in [5.74, 6) is 0. The van der Waals surface area contributed by atoms with E-state index in [0.717, 1.165) is 12.1 Å². The second-order valence-electron chi connectivity index (χ2n) is 12.4. The lowest BCUT2D eigenvalue weighted by molar-refractivity contribution is 0.476. The monoisotopic (exact) mass is 1150 g/mol. The van der Waals surface area contributed by atoms with Gasteiger partial charge in [0.2, 0.25) is 0 Å². The van der Waals surface area contributed by atoms with Crippen LogP contribution in [0.5, 0.6) is 0 Å². The summed E-state index contributed by atoms with van der Waals surface area (Å²) >= 11 is -7.78. The van der Waals surface area contributed by atoms with Crippen molar-refractivity contribution >= 4 is 155 Å². The average molecular weight is 1150 g/mol. The molecule has 0 aliphatic rings. The zero-order valence-corrected chi connectivity index (χ0v) is 39.5. The predicted molar refractivity (Wildman–Crippen MR) is 229 cm³/mol. The van der Waals surface area contributed by atoms with Crippen LogP contribution in [-0.2, 0) is 94.5 Å². The van der Waals surface area contributed by atoms with E-state index in [4.69, 9.17) is 0 Å². The Bertz CT molecular complexity index is 3480. The van der Waals surface area contributed by atoms with Crippen LogP contribution in [0, 0.1) is 0 Å². The molecule has 9 N–H and O–H groups in total. The third-order valence-corrected chi connectivity index (χ3v) is 16.1. The first-order chi connectivity index (χ1) is 29.4. The zero-order valence-electron chi connectivity index (χ0n) is 30.5. The zero-order chi connectivity index (χ0) is 49.3. The van der Waals surface area contributed by atoms with Crippen molar-refractivity contribution in [2.75, 3.05) is 12.9 Å². The molecule has 65 heavy (non-hydrogen) atoms. The van der Waals surface area contributed by atoms with Gasteiger partial charge in [-0.1, -0.05) is 15.9 Å². The molecule has 3 atom stereocenters. The van der Waals surface area contributed by atoms with Crippen LogP contribution in [-0.4, -0.2) is 104 Å². The van der Waals surface area contributed by atoms with Gasteiger partial charge in [0.1, 0.15) is 0 Å². The Hall–Kier alpha value is -3.97. The quantitative estimate of drug-likeness (QED) is 0.0537. The topological polar surface area (TPSA) is 448 Å². The van der Waals surface area contributed by atoms with Crippen molar-refractivity contribution in [3.63, 3.8) is 0 Å². The number of rotatable bonds is 15. The molecule has 37 heteroatoms. The maximum atomic E-state index is 13.4. The molecule has 0 bridgehead atoms. The Morgan fingerprint density at radius 1 is 0.369 bits per heavy atom. The van der Waals surface area contributed by atoms with Crippen molar-refractivity contribution in [2.24, 2.45) is 0 Å². The van der Waals surface area contributed by atoms with Crippen LogP contribution < -0.4 is 12.9 Å². The summed E-state index contributed by atoms with van der Waals surface area (Å²) in [6, 6.07) is 5.82. The van der Waals surface area contributed by atoms with Crippen molar-refractivity contribution in [3.05, 3.63) is 83.3 Å². The standard InChI is InChI=1S/C28H22BrN3O24S9/c29-25-1-2-26(31(58(35)36)15-5-20(62(45,46)47)12-21(6-15)63(48,49)50)24-9-17(30(57(33)34)14-3-18(60(39,40)41)11-19(4-14)61(42,43)44)10-27(28(24)25)32(59(37)38)16-7-22(64(51,52)53)13-23(8-16)65(54,55)56/h1-13H,(H,33,34)(H,35,36)(H,37,38)(H,39,40,41)(H,42,43,44)(H,45,46,47)(H,48,49,50)(H,51,52,53)(H,54,55,56). The average Bonchev–Trinajstić information content (AvgIpc) is 3.13. The molecule has 0 aliphatic carbocycles. The van der Waals surface area contributed by atoms with Gasteiger partial charge in [-0.05, 0) is 78.9 Å². The molecule has 0 amide bonds. The van der Waals surface area contributed by atoms with Gasteiger partial charge in [0.25, 0.3) is 94.5 Å². The predicted octanol–water partition coefficient (Wildman–Crippen LogP) is 2.91. The Balaban J connectivity index is 2.09. The van der Waals surface area contributed by atoms with Crippen LogP contribution in [0.15, 0.2) is 113 Å². The van der Waals surface area contributed by atoms with Crippen LogP contribution >= 0.6 is 15.9 Å². The first-order valence-electron chi connectivity index (χ1n) is 15.7. The molecule has 0 saturated carbocycles. The maximum Gasteiger partial charge on any atom is 0.294 e.